The molecule has 0 unspecified atom stereocenters. The molecule has 6 nitrogen and oxygen atoms in total. The van der Waals surface area contributed by atoms with Gasteiger partial charge in [-0.3, -0.25) is 10.1 Å². The molecule has 0 fully saturated rings. The molecule has 23 heavy (non-hydrogen) atoms. The van der Waals surface area contributed by atoms with Crippen LogP contribution in [0.25, 0.3) is 0 Å². The number of nitrogens with one attached hydrogen (secondary N) is 1. The summed E-state index contributed by atoms with van der Waals surface area (Å²) in [6.45, 7) is 5.67. The van der Waals surface area contributed by atoms with Crippen LogP contribution in [0, 0.1) is 0 Å². The lowest BCUT2D eigenvalue weighted by atomic mass is 10.2. The summed E-state index contributed by atoms with van der Waals surface area (Å²) in [6.07, 6.45) is 1.12. The van der Waals surface area contributed by atoms with Gasteiger partial charge in [-0.05, 0) is 54.9 Å². The average molecular weight is 380 g/mol. The van der Waals surface area contributed by atoms with Gasteiger partial charge in [-0.25, -0.2) is 9.78 Å². The number of carbonyl (C=O) groups excluding carboxylic acids is 1. The molecule has 2 rings (SSSR count). The molecule has 0 aromatic carbocycles. The Balaban J connectivity index is 2.12. The summed E-state index contributed by atoms with van der Waals surface area (Å²) in [6, 6.07) is 8.38. The Bertz CT molecular complexity index is 766. The molecule has 0 spiro atoms. The van der Waals surface area contributed by atoms with Crippen molar-refractivity contribution in [3.8, 4) is 0 Å². The maximum atomic E-state index is 11.8. The first kappa shape index (κ1) is 17.2. The minimum Gasteiger partial charge on any atom is -0.444 e. The number of halogens is 1. The van der Waals surface area contributed by atoms with Crippen LogP contribution in [-0.4, -0.2) is 21.2 Å². The fourth-order valence-electron chi connectivity index (χ4n) is 1.85. The molecule has 7 heteroatoms. The zero-order valence-corrected chi connectivity index (χ0v) is 14.8. The van der Waals surface area contributed by atoms with Gasteiger partial charge < -0.3 is 9.30 Å². The van der Waals surface area contributed by atoms with Crippen molar-refractivity contribution in [2.75, 3.05) is 5.32 Å². The van der Waals surface area contributed by atoms with E-state index >= 15 is 0 Å². The second-order valence-electron chi connectivity index (χ2n) is 5.95. The number of aromatic nitrogens is 2. The molecule has 0 saturated heterocycles. The number of rotatable bonds is 3. The summed E-state index contributed by atoms with van der Waals surface area (Å²) in [5.41, 5.74) is -0.0510. The number of nitrogens with zero attached hydrogens (tertiary/aromatic N) is 2. The fourth-order valence-corrected chi connectivity index (χ4v) is 2.23. The van der Waals surface area contributed by atoms with Crippen molar-refractivity contribution in [1.82, 2.24) is 9.55 Å². The molecule has 0 aliphatic carbocycles. The van der Waals surface area contributed by atoms with E-state index < -0.39 is 11.7 Å². The second kappa shape index (κ2) is 6.95. The highest BCUT2D eigenvalue weighted by molar-refractivity contribution is 9.10. The molecule has 1 N–H and O–H groups in total. The van der Waals surface area contributed by atoms with Crippen LogP contribution in [0.2, 0.25) is 0 Å². The summed E-state index contributed by atoms with van der Waals surface area (Å²) in [5.74, 6) is 0.375. The number of ether oxygens (including phenoxy) is 1. The molecular weight excluding hydrogens is 362 g/mol. The molecule has 0 saturated carbocycles. The summed E-state index contributed by atoms with van der Waals surface area (Å²) < 4.78 is 7.52. The number of carbonyl (C=O) groups is 1. The topological polar surface area (TPSA) is 73.2 Å². The van der Waals surface area contributed by atoms with Crippen LogP contribution >= 0.6 is 15.9 Å². The number of anilines is 1. The van der Waals surface area contributed by atoms with Crippen molar-refractivity contribution in [1.29, 1.82) is 0 Å². The zero-order valence-electron chi connectivity index (χ0n) is 13.2. The first-order valence-electron chi connectivity index (χ1n) is 7.05. The van der Waals surface area contributed by atoms with Gasteiger partial charge in [0.2, 0.25) is 0 Å². The second-order valence-corrected chi connectivity index (χ2v) is 6.87. The molecule has 0 aliphatic heterocycles. The van der Waals surface area contributed by atoms with Crippen molar-refractivity contribution in [3.63, 3.8) is 0 Å². The maximum Gasteiger partial charge on any atom is 0.413 e. The lowest BCUT2D eigenvalue weighted by molar-refractivity contribution is 0.0635. The van der Waals surface area contributed by atoms with Gasteiger partial charge in [-0.2, -0.15) is 0 Å². The molecule has 0 bridgehead atoms. The van der Waals surface area contributed by atoms with Crippen LogP contribution in [0.4, 0.5) is 10.6 Å². The number of hydrogen-bond donors (Lipinski definition) is 1. The van der Waals surface area contributed by atoms with Crippen LogP contribution in [-0.2, 0) is 11.3 Å². The third-order valence-electron chi connectivity index (χ3n) is 2.72. The van der Waals surface area contributed by atoms with Crippen LogP contribution in [0.5, 0.6) is 0 Å². The van der Waals surface area contributed by atoms with E-state index in [-0.39, 0.29) is 5.56 Å². The Labute approximate surface area is 142 Å². The van der Waals surface area contributed by atoms with Crippen LogP contribution in [0.1, 0.15) is 26.5 Å². The van der Waals surface area contributed by atoms with Crippen LogP contribution in [0.3, 0.4) is 0 Å². The largest absolute Gasteiger partial charge is 0.444 e. The monoisotopic (exact) mass is 379 g/mol. The van der Waals surface area contributed by atoms with Gasteiger partial charge in [0.15, 0.2) is 0 Å². The molecule has 2 aromatic rings. The molecule has 122 valence electrons. The van der Waals surface area contributed by atoms with Gasteiger partial charge in [0.1, 0.15) is 11.4 Å². The third-order valence-corrected chi connectivity index (χ3v) is 3.18. The van der Waals surface area contributed by atoms with Crippen molar-refractivity contribution >= 4 is 27.8 Å². The summed E-state index contributed by atoms with van der Waals surface area (Å²) in [4.78, 5) is 27.9. The highest BCUT2D eigenvalue weighted by Crippen LogP contribution is 2.11. The van der Waals surface area contributed by atoms with E-state index in [9.17, 15) is 9.59 Å². The first-order valence-corrected chi connectivity index (χ1v) is 7.84. The van der Waals surface area contributed by atoms with Crippen molar-refractivity contribution in [2.24, 2.45) is 0 Å². The Hall–Kier alpha value is -2.15. The predicted octanol–water partition coefficient (Wildman–Crippen LogP) is 3.40. The van der Waals surface area contributed by atoms with Gasteiger partial charge in [-0.1, -0.05) is 6.07 Å². The molecule has 1 amide bonds. The molecule has 0 aliphatic rings. The van der Waals surface area contributed by atoms with Crippen LogP contribution in [0.15, 0.2) is 45.8 Å². The quantitative estimate of drug-likeness (QED) is 0.886. The Morgan fingerprint density at radius 3 is 2.74 bits per heavy atom. The summed E-state index contributed by atoms with van der Waals surface area (Å²) in [5, 5.41) is 2.58. The summed E-state index contributed by atoms with van der Waals surface area (Å²) in [7, 11) is 0. The number of amides is 1. The van der Waals surface area contributed by atoms with Gasteiger partial charge >= 0.3 is 6.09 Å². The first-order chi connectivity index (χ1) is 10.7. The fraction of sp³-hybridized carbons (Fsp3) is 0.312. The normalized spacial score (nSPS) is 11.1. The van der Waals surface area contributed by atoms with Gasteiger partial charge in [-0.15, -0.1) is 0 Å². The smallest absolute Gasteiger partial charge is 0.413 e. The minimum absolute atomic E-state index is 0.125. The third kappa shape index (κ3) is 5.52. The molecular formula is C16H18BrN3O3. The lowest BCUT2D eigenvalue weighted by Crippen LogP contribution is -2.27. The van der Waals surface area contributed by atoms with Gasteiger partial charge in [0, 0.05) is 16.7 Å². The SMILES string of the molecule is CC(C)(C)OC(=O)Nc1cccc(Cn2cc(Br)ccc2=O)n1. The van der Waals surface area contributed by atoms with Gasteiger partial charge in [0.25, 0.3) is 5.56 Å². The van der Waals surface area contributed by atoms with E-state index in [0.29, 0.717) is 18.1 Å². The Morgan fingerprint density at radius 1 is 1.30 bits per heavy atom. The number of hydrogen-bond acceptors (Lipinski definition) is 4. The molecule has 0 atom stereocenters. The summed E-state index contributed by atoms with van der Waals surface area (Å²) >= 11 is 3.33. The van der Waals surface area contributed by atoms with Gasteiger partial charge in [0.05, 0.1) is 12.2 Å². The Morgan fingerprint density at radius 2 is 2.04 bits per heavy atom. The average Bonchev–Trinajstić information content (AvgIpc) is 2.41. The highest BCUT2D eigenvalue weighted by atomic mass is 79.9. The van der Waals surface area contributed by atoms with E-state index in [2.05, 4.69) is 26.2 Å². The van der Waals surface area contributed by atoms with E-state index in [0.717, 1.165) is 4.47 Å². The van der Waals surface area contributed by atoms with E-state index in [1.165, 1.54) is 10.6 Å². The standard InChI is InChI=1S/C16H18BrN3O3/c1-16(2,3)23-15(22)19-13-6-4-5-12(18-13)10-20-9-11(17)7-8-14(20)21/h4-9H,10H2,1-3H3,(H,18,19,22). The lowest BCUT2D eigenvalue weighted by Gasteiger charge is -2.19. The zero-order chi connectivity index (χ0) is 17.0. The minimum atomic E-state index is -0.578. The van der Waals surface area contributed by atoms with Crippen molar-refractivity contribution in [2.45, 2.75) is 32.9 Å². The molecule has 2 heterocycles. The van der Waals surface area contributed by atoms with E-state index in [1.807, 2.05) is 0 Å². The maximum absolute atomic E-state index is 11.8. The number of pyridine rings is 2. The predicted molar refractivity (Wildman–Crippen MR) is 91.6 cm³/mol. The van der Waals surface area contributed by atoms with E-state index in [4.69, 9.17) is 4.74 Å². The molecule has 0 radical (unpaired) electrons. The van der Waals surface area contributed by atoms with E-state index in [1.54, 1.807) is 51.2 Å². The van der Waals surface area contributed by atoms with Crippen molar-refractivity contribution in [3.05, 3.63) is 57.0 Å². The Kier molecular flexibility index (Phi) is 5.20. The highest BCUT2D eigenvalue weighted by Gasteiger charge is 2.16. The van der Waals surface area contributed by atoms with Crippen molar-refractivity contribution < 1.29 is 9.53 Å². The van der Waals surface area contributed by atoms with Crippen LogP contribution < -0.4 is 10.9 Å². The molecule has 2 aromatic heterocycles.